The van der Waals surface area contributed by atoms with Gasteiger partial charge in [0.15, 0.2) is 0 Å². The molecule has 0 radical (unpaired) electrons. The van der Waals surface area contributed by atoms with E-state index in [1.165, 1.54) is 29.5 Å². The third-order valence-electron chi connectivity index (χ3n) is 5.35. The Hall–Kier alpha value is -2.94. The summed E-state index contributed by atoms with van der Waals surface area (Å²) in [6, 6.07) is 1.66. The maximum atomic E-state index is 13.0. The van der Waals surface area contributed by atoms with E-state index in [2.05, 4.69) is 4.98 Å². The van der Waals surface area contributed by atoms with Gasteiger partial charge in [0.25, 0.3) is 11.8 Å². The summed E-state index contributed by atoms with van der Waals surface area (Å²) < 4.78 is 5.29. The molecule has 2 aliphatic heterocycles. The van der Waals surface area contributed by atoms with Gasteiger partial charge in [0.05, 0.1) is 24.8 Å². The smallest absolute Gasteiger partial charge is 0.259 e. The lowest BCUT2D eigenvalue weighted by Crippen LogP contribution is -2.38. The largest absolute Gasteiger partial charge is 0.496 e. The summed E-state index contributed by atoms with van der Waals surface area (Å²) in [5.41, 5.74) is 1.99. The number of ether oxygens (including phenoxy) is 1. The van der Waals surface area contributed by atoms with Crippen LogP contribution in [0.1, 0.15) is 38.1 Å². The number of thiophene rings is 1. The molecular weight excluding hydrogens is 392 g/mol. The fourth-order valence-electron chi connectivity index (χ4n) is 3.85. The Balaban J connectivity index is 1.70. The molecule has 0 saturated heterocycles. The number of rotatable bonds is 3. The summed E-state index contributed by atoms with van der Waals surface area (Å²) in [4.78, 5) is 48.4. The van der Waals surface area contributed by atoms with Crippen LogP contribution in [-0.4, -0.2) is 66.3 Å². The van der Waals surface area contributed by atoms with Crippen LogP contribution in [0.3, 0.4) is 0 Å². The van der Waals surface area contributed by atoms with Crippen molar-refractivity contribution in [3.05, 3.63) is 40.0 Å². The SMILES string of the molecule is CCN1C(=O)CN(C)C(=O)c2c1sc1c2CCN(C(=O)c2cnccc2OC)C1. The van der Waals surface area contributed by atoms with Gasteiger partial charge in [-0.15, -0.1) is 11.3 Å². The molecule has 4 rings (SSSR count). The summed E-state index contributed by atoms with van der Waals surface area (Å²) in [6.45, 7) is 3.37. The fourth-order valence-corrected chi connectivity index (χ4v) is 5.28. The van der Waals surface area contributed by atoms with Crippen LogP contribution in [0.15, 0.2) is 18.5 Å². The van der Waals surface area contributed by atoms with E-state index in [1.54, 1.807) is 29.1 Å². The van der Waals surface area contributed by atoms with Gasteiger partial charge in [-0.3, -0.25) is 19.4 Å². The van der Waals surface area contributed by atoms with Crippen molar-refractivity contribution in [3.63, 3.8) is 0 Å². The average Bonchev–Trinajstić information content (AvgIpc) is 3.07. The third-order valence-corrected chi connectivity index (χ3v) is 6.59. The third kappa shape index (κ3) is 3.15. The molecule has 0 atom stereocenters. The number of fused-ring (bicyclic) bond motifs is 3. The Morgan fingerprint density at radius 1 is 1.31 bits per heavy atom. The summed E-state index contributed by atoms with van der Waals surface area (Å²) >= 11 is 1.44. The molecule has 0 aromatic carbocycles. The molecule has 4 heterocycles. The molecular formula is C20H22N4O4S. The second-order valence-corrected chi connectivity index (χ2v) is 8.12. The number of hydrogen-bond donors (Lipinski definition) is 0. The lowest BCUT2D eigenvalue weighted by Gasteiger charge is -2.28. The fraction of sp³-hybridized carbons (Fsp3) is 0.400. The van der Waals surface area contributed by atoms with Crippen LogP contribution >= 0.6 is 11.3 Å². The standard InChI is InChI=1S/C20H22N4O4S/c1-4-24-16(25)11-22(2)19(27)17-12-6-8-23(10-15(12)29-20(17)24)18(26)13-9-21-7-5-14(13)28-3/h5,7,9H,4,6,8,10-11H2,1-3H3. The van der Waals surface area contributed by atoms with E-state index in [9.17, 15) is 14.4 Å². The molecule has 0 bridgehead atoms. The van der Waals surface area contributed by atoms with Crippen molar-refractivity contribution in [2.75, 3.05) is 38.7 Å². The van der Waals surface area contributed by atoms with Gasteiger partial charge in [-0.1, -0.05) is 0 Å². The van der Waals surface area contributed by atoms with Gasteiger partial charge in [-0.25, -0.2) is 0 Å². The highest BCUT2D eigenvalue weighted by Crippen LogP contribution is 2.41. The minimum Gasteiger partial charge on any atom is -0.496 e. The summed E-state index contributed by atoms with van der Waals surface area (Å²) in [5, 5.41) is 0.699. The van der Waals surface area contributed by atoms with Gasteiger partial charge in [0, 0.05) is 37.4 Å². The van der Waals surface area contributed by atoms with Crippen molar-refractivity contribution >= 4 is 34.1 Å². The molecule has 8 nitrogen and oxygen atoms in total. The molecule has 2 aliphatic rings. The predicted molar refractivity (Wildman–Crippen MR) is 109 cm³/mol. The van der Waals surface area contributed by atoms with Crippen LogP contribution in [0.25, 0.3) is 0 Å². The topological polar surface area (TPSA) is 83.1 Å². The van der Waals surface area contributed by atoms with Crippen molar-refractivity contribution in [1.29, 1.82) is 0 Å². The van der Waals surface area contributed by atoms with Crippen LogP contribution < -0.4 is 9.64 Å². The van der Waals surface area contributed by atoms with E-state index < -0.39 is 0 Å². The van der Waals surface area contributed by atoms with Gasteiger partial charge in [0.2, 0.25) is 5.91 Å². The van der Waals surface area contributed by atoms with Crippen LogP contribution in [-0.2, 0) is 17.8 Å². The quantitative estimate of drug-likeness (QED) is 0.765. The molecule has 0 N–H and O–H groups in total. The Morgan fingerprint density at radius 3 is 2.83 bits per heavy atom. The summed E-state index contributed by atoms with van der Waals surface area (Å²) in [7, 11) is 3.18. The molecule has 3 amide bonds. The predicted octanol–water partition coefficient (Wildman–Crippen LogP) is 1.79. The highest BCUT2D eigenvalue weighted by Gasteiger charge is 2.37. The monoisotopic (exact) mass is 414 g/mol. The number of pyridine rings is 1. The lowest BCUT2D eigenvalue weighted by molar-refractivity contribution is -0.118. The number of nitrogens with zero attached hydrogens (tertiary/aromatic N) is 4. The highest BCUT2D eigenvalue weighted by molar-refractivity contribution is 7.17. The first-order chi connectivity index (χ1) is 14.0. The molecule has 0 fully saturated rings. The van der Waals surface area contributed by atoms with E-state index in [0.717, 1.165) is 10.4 Å². The van der Waals surface area contributed by atoms with Crippen molar-refractivity contribution in [1.82, 2.24) is 14.8 Å². The Bertz CT molecular complexity index is 1000. The maximum Gasteiger partial charge on any atom is 0.259 e. The van der Waals surface area contributed by atoms with Crippen molar-refractivity contribution in [3.8, 4) is 5.75 Å². The van der Waals surface area contributed by atoms with E-state index in [1.807, 2.05) is 6.92 Å². The van der Waals surface area contributed by atoms with E-state index in [4.69, 9.17) is 4.74 Å². The minimum absolute atomic E-state index is 0.0776. The average molecular weight is 414 g/mol. The second-order valence-electron chi connectivity index (χ2n) is 7.04. The van der Waals surface area contributed by atoms with E-state index >= 15 is 0 Å². The Labute approximate surface area is 172 Å². The second kappa shape index (κ2) is 7.47. The first kappa shape index (κ1) is 19.4. The van der Waals surface area contributed by atoms with Crippen molar-refractivity contribution in [2.24, 2.45) is 0 Å². The number of likely N-dealkylation sites (N-methyl/N-ethyl adjacent to an activating group) is 2. The number of methoxy groups -OCH3 is 1. The first-order valence-electron chi connectivity index (χ1n) is 9.43. The molecule has 152 valence electrons. The van der Waals surface area contributed by atoms with Crippen molar-refractivity contribution < 1.29 is 19.1 Å². The van der Waals surface area contributed by atoms with Gasteiger partial charge < -0.3 is 19.4 Å². The number of carbonyl (C=O) groups is 3. The van der Waals surface area contributed by atoms with Gasteiger partial charge in [-0.05, 0) is 25.0 Å². The maximum absolute atomic E-state index is 13.0. The van der Waals surface area contributed by atoms with Gasteiger partial charge in [-0.2, -0.15) is 0 Å². The zero-order valence-corrected chi connectivity index (χ0v) is 17.4. The molecule has 0 spiro atoms. The Kier molecular flexibility index (Phi) is 4.99. The number of carbonyl (C=O) groups excluding carboxylic acids is 3. The highest BCUT2D eigenvalue weighted by atomic mass is 32.1. The van der Waals surface area contributed by atoms with Crippen LogP contribution in [0.2, 0.25) is 0 Å². The lowest BCUT2D eigenvalue weighted by atomic mass is 10.0. The minimum atomic E-state index is -0.156. The molecule has 0 unspecified atom stereocenters. The Morgan fingerprint density at radius 2 is 2.10 bits per heavy atom. The molecule has 29 heavy (non-hydrogen) atoms. The van der Waals surface area contributed by atoms with E-state index in [-0.39, 0.29) is 24.3 Å². The van der Waals surface area contributed by atoms with E-state index in [0.29, 0.717) is 47.9 Å². The summed E-state index contributed by atoms with van der Waals surface area (Å²) in [6.07, 6.45) is 3.66. The van der Waals surface area contributed by atoms with Gasteiger partial charge >= 0.3 is 0 Å². The first-order valence-corrected chi connectivity index (χ1v) is 10.3. The molecule has 0 aliphatic carbocycles. The number of amides is 3. The number of anilines is 1. The zero-order valence-electron chi connectivity index (χ0n) is 16.6. The zero-order chi connectivity index (χ0) is 20.7. The summed E-state index contributed by atoms with van der Waals surface area (Å²) in [5.74, 6) is 0.109. The van der Waals surface area contributed by atoms with Crippen LogP contribution in [0.5, 0.6) is 5.75 Å². The molecule has 0 saturated carbocycles. The molecule has 9 heteroatoms. The number of hydrogen-bond acceptors (Lipinski definition) is 6. The normalized spacial score (nSPS) is 16.4. The molecule has 2 aromatic rings. The molecule has 2 aromatic heterocycles. The van der Waals surface area contributed by atoms with Gasteiger partial charge in [0.1, 0.15) is 17.3 Å². The van der Waals surface area contributed by atoms with Crippen LogP contribution in [0, 0.1) is 0 Å². The number of aromatic nitrogens is 1. The van der Waals surface area contributed by atoms with Crippen LogP contribution in [0.4, 0.5) is 5.00 Å². The van der Waals surface area contributed by atoms with Crippen molar-refractivity contribution in [2.45, 2.75) is 19.9 Å².